The fraction of sp³-hybridized carbons (Fsp3) is 0.200. The molecule has 0 bridgehead atoms. The van der Waals surface area contributed by atoms with Gasteiger partial charge in [0.25, 0.3) is 5.91 Å². The second-order valence-corrected chi connectivity index (χ2v) is 6.30. The van der Waals surface area contributed by atoms with Crippen molar-refractivity contribution in [1.29, 1.82) is 0 Å². The summed E-state index contributed by atoms with van der Waals surface area (Å²) in [6.45, 7) is 0.0956. The highest BCUT2D eigenvalue weighted by molar-refractivity contribution is 6.10. The normalized spacial score (nSPS) is 14.4. The van der Waals surface area contributed by atoms with Crippen LogP contribution >= 0.6 is 0 Å². The van der Waals surface area contributed by atoms with Gasteiger partial charge in [-0.1, -0.05) is 6.07 Å². The Kier molecular flexibility index (Phi) is 4.29. The van der Waals surface area contributed by atoms with Crippen LogP contribution in [0, 0.1) is 0 Å². The topological polar surface area (TPSA) is 83.3 Å². The quantitative estimate of drug-likeness (QED) is 0.674. The van der Waals surface area contributed by atoms with Crippen LogP contribution in [0.15, 0.2) is 59.9 Å². The minimum absolute atomic E-state index is 0.112. The van der Waals surface area contributed by atoms with Crippen LogP contribution in [0.5, 0.6) is 0 Å². The van der Waals surface area contributed by atoms with Crippen molar-refractivity contribution in [2.45, 2.75) is 0 Å². The zero-order valence-electron chi connectivity index (χ0n) is 14.8. The Morgan fingerprint density at radius 3 is 2.85 bits per heavy atom. The number of ether oxygens (including phenoxy) is 1. The van der Waals surface area contributed by atoms with E-state index in [1.165, 1.54) is 12.0 Å². The number of β-amino-alcohol motifs (C(OH)–C–C–N with tert-alkyl or cyclic N) is 1. The number of benzene rings is 1. The van der Waals surface area contributed by atoms with Crippen molar-refractivity contribution in [3.8, 4) is 0 Å². The molecule has 27 heavy (non-hydrogen) atoms. The lowest BCUT2D eigenvalue weighted by Gasteiger charge is -2.15. The van der Waals surface area contributed by atoms with Crippen molar-refractivity contribution in [2.75, 3.05) is 32.1 Å². The molecule has 0 atom stereocenters. The van der Waals surface area contributed by atoms with Crippen molar-refractivity contribution in [1.82, 2.24) is 9.30 Å². The predicted molar refractivity (Wildman–Crippen MR) is 101 cm³/mol. The van der Waals surface area contributed by atoms with Crippen molar-refractivity contribution in [2.24, 2.45) is 0 Å². The zero-order chi connectivity index (χ0) is 19.0. The van der Waals surface area contributed by atoms with Gasteiger partial charge in [0.2, 0.25) is 0 Å². The second kappa shape index (κ2) is 6.77. The minimum atomic E-state index is -0.556. The molecule has 0 spiro atoms. The van der Waals surface area contributed by atoms with Crippen LogP contribution in [0.4, 0.5) is 5.69 Å². The van der Waals surface area contributed by atoms with Crippen molar-refractivity contribution < 1.29 is 19.4 Å². The number of carbonyl (C=O) groups excluding carboxylic acids is 2. The van der Waals surface area contributed by atoms with Crippen molar-refractivity contribution >= 4 is 34.0 Å². The molecular weight excluding hydrogens is 346 g/mol. The first kappa shape index (κ1) is 17.1. The summed E-state index contributed by atoms with van der Waals surface area (Å²) in [5, 5.41) is 13.2. The number of amides is 1. The lowest BCUT2D eigenvalue weighted by atomic mass is 10.1. The highest BCUT2D eigenvalue weighted by atomic mass is 16.5. The molecule has 7 heteroatoms. The predicted octanol–water partition coefficient (Wildman–Crippen LogP) is 1.77. The lowest BCUT2D eigenvalue weighted by molar-refractivity contribution is -0.136. The molecule has 0 radical (unpaired) electrons. The third kappa shape index (κ3) is 2.82. The van der Waals surface area contributed by atoms with Gasteiger partial charge in [-0.05, 0) is 36.4 Å². The van der Waals surface area contributed by atoms with Crippen LogP contribution in [0.2, 0.25) is 0 Å². The summed E-state index contributed by atoms with van der Waals surface area (Å²) in [5.74, 6) is -0.886. The van der Waals surface area contributed by atoms with Gasteiger partial charge in [0, 0.05) is 29.3 Å². The van der Waals surface area contributed by atoms with E-state index in [2.05, 4.69) is 9.72 Å². The molecule has 1 aliphatic heterocycles. The maximum Gasteiger partial charge on any atom is 0.337 e. The summed E-state index contributed by atoms with van der Waals surface area (Å²) in [7, 11) is 1.28. The van der Waals surface area contributed by atoms with Crippen LogP contribution in [0.1, 0.15) is 0 Å². The summed E-state index contributed by atoms with van der Waals surface area (Å²) in [5.41, 5.74) is 3.23. The van der Waals surface area contributed by atoms with E-state index >= 15 is 0 Å². The molecule has 0 saturated heterocycles. The Hall–Kier alpha value is -3.32. The number of nitrogens with zero attached hydrogens (tertiary/aromatic N) is 2. The number of rotatable bonds is 5. The van der Waals surface area contributed by atoms with Crippen LogP contribution in [0.3, 0.4) is 0 Å². The summed E-state index contributed by atoms with van der Waals surface area (Å²) in [4.78, 5) is 26.3. The van der Waals surface area contributed by atoms with E-state index in [1.807, 2.05) is 48.7 Å². The van der Waals surface area contributed by atoms with Gasteiger partial charge < -0.3 is 24.5 Å². The fourth-order valence-electron chi connectivity index (χ4n) is 3.45. The molecule has 2 N–H and O–H groups in total. The van der Waals surface area contributed by atoms with E-state index in [1.54, 1.807) is 0 Å². The number of carbonyl (C=O) groups is 2. The zero-order valence-corrected chi connectivity index (χ0v) is 14.8. The Morgan fingerprint density at radius 1 is 1.22 bits per heavy atom. The molecule has 4 rings (SSSR count). The molecular formula is C20H19N3O4. The number of hydrogen-bond donors (Lipinski definition) is 2. The molecule has 1 aromatic carbocycles. The van der Waals surface area contributed by atoms with Crippen LogP contribution in [-0.4, -0.2) is 53.1 Å². The molecule has 0 aliphatic carbocycles. The fourth-order valence-corrected chi connectivity index (χ4v) is 3.45. The number of fused-ring (bicyclic) bond motifs is 3. The number of hydrogen-bond acceptors (Lipinski definition) is 5. The number of methoxy groups -OCH3 is 1. The smallest absolute Gasteiger partial charge is 0.337 e. The summed E-state index contributed by atoms with van der Waals surface area (Å²) in [6.07, 6.45) is 1.98. The SMILES string of the molecule is COC(=O)C1=C(Nc2cccc3c2ccc2cccn23)C(=O)N(CCO)C1. The van der Waals surface area contributed by atoms with Crippen LogP contribution in [0.25, 0.3) is 16.4 Å². The first-order valence-corrected chi connectivity index (χ1v) is 8.61. The molecule has 0 fully saturated rings. The van der Waals surface area contributed by atoms with E-state index in [4.69, 9.17) is 4.74 Å². The summed E-state index contributed by atoms with van der Waals surface area (Å²) < 4.78 is 6.89. The van der Waals surface area contributed by atoms with Gasteiger partial charge in [-0.3, -0.25) is 4.79 Å². The van der Waals surface area contributed by atoms with E-state index in [-0.39, 0.29) is 36.9 Å². The summed E-state index contributed by atoms with van der Waals surface area (Å²) in [6, 6.07) is 13.7. The Bertz CT molecular complexity index is 1080. The Morgan fingerprint density at radius 2 is 2.07 bits per heavy atom. The molecule has 138 valence electrons. The number of aliphatic hydroxyl groups is 1. The minimum Gasteiger partial charge on any atom is -0.466 e. The number of anilines is 1. The highest BCUT2D eigenvalue weighted by Crippen LogP contribution is 2.29. The number of pyridine rings is 1. The second-order valence-electron chi connectivity index (χ2n) is 6.30. The number of esters is 1. The third-order valence-electron chi connectivity index (χ3n) is 4.76. The van der Waals surface area contributed by atoms with Gasteiger partial charge in [-0.25, -0.2) is 4.79 Å². The van der Waals surface area contributed by atoms with E-state index < -0.39 is 5.97 Å². The van der Waals surface area contributed by atoms with Gasteiger partial charge in [-0.2, -0.15) is 0 Å². The van der Waals surface area contributed by atoms with Gasteiger partial charge in [0.05, 0.1) is 31.4 Å². The molecule has 1 amide bonds. The maximum absolute atomic E-state index is 12.7. The molecule has 1 aliphatic rings. The van der Waals surface area contributed by atoms with Crippen LogP contribution in [-0.2, 0) is 14.3 Å². The summed E-state index contributed by atoms with van der Waals surface area (Å²) >= 11 is 0. The molecule has 0 unspecified atom stereocenters. The molecule has 7 nitrogen and oxygen atoms in total. The standard InChI is InChI=1S/C20H19N3O4/c1-27-20(26)15-12-22(10-11-24)19(25)18(15)21-16-5-2-6-17-14(16)8-7-13-4-3-9-23(13)17/h2-9,21,24H,10-12H2,1H3. The first-order chi connectivity index (χ1) is 13.1. The molecule has 3 heterocycles. The van der Waals surface area contributed by atoms with Gasteiger partial charge in [0.15, 0.2) is 0 Å². The highest BCUT2D eigenvalue weighted by Gasteiger charge is 2.34. The lowest BCUT2D eigenvalue weighted by Crippen LogP contribution is -2.31. The first-order valence-electron chi connectivity index (χ1n) is 8.61. The number of aromatic nitrogens is 1. The maximum atomic E-state index is 12.7. The van der Waals surface area contributed by atoms with E-state index in [9.17, 15) is 14.7 Å². The molecule has 2 aromatic heterocycles. The number of aliphatic hydroxyl groups excluding tert-OH is 1. The van der Waals surface area contributed by atoms with Gasteiger partial charge in [0.1, 0.15) is 5.70 Å². The molecule has 0 saturated carbocycles. The number of nitrogens with one attached hydrogen (secondary N) is 1. The van der Waals surface area contributed by atoms with Crippen molar-refractivity contribution in [3.05, 3.63) is 59.9 Å². The van der Waals surface area contributed by atoms with Crippen LogP contribution < -0.4 is 5.32 Å². The van der Waals surface area contributed by atoms with Crippen molar-refractivity contribution in [3.63, 3.8) is 0 Å². The van der Waals surface area contributed by atoms with E-state index in [0.29, 0.717) is 0 Å². The average molecular weight is 365 g/mol. The van der Waals surface area contributed by atoms with Gasteiger partial charge >= 0.3 is 5.97 Å². The largest absolute Gasteiger partial charge is 0.466 e. The van der Waals surface area contributed by atoms with E-state index in [0.717, 1.165) is 22.1 Å². The Balaban J connectivity index is 1.79. The Labute approximate surface area is 155 Å². The molecule has 3 aromatic rings. The third-order valence-corrected chi connectivity index (χ3v) is 4.76. The monoisotopic (exact) mass is 365 g/mol. The van der Waals surface area contributed by atoms with Gasteiger partial charge in [-0.15, -0.1) is 0 Å². The average Bonchev–Trinajstić information content (AvgIpc) is 3.28.